The number of benzene rings is 3. The van der Waals surface area contributed by atoms with E-state index >= 15 is 0 Å². The molecule has 6 nitrogen and oxygen atoms in total. The third-order valence-electron chi connectivity index (χ3n) is 5.45. The van der Waals surface area contributed by atoms with Gasteiger partial charge in [-0.2, -0.15) is 13.2 Å². The number of nitrogens with one attached hydrogen (secondary N) is 3. The van der Waals surface area contributed by atoms with Gasteiger partial charge in [-0.3, -0.25) is 4.79 Å². The maximum Gasteiger partial charge on any atom is 0.446 e. The van der Waals surface area contributed by atoms with E-state index in [4.69, 9.17) is 4.74 Å². The Morgan fingerprint density at radius 1 is 1.00 bits per heavy atom. The van der Waals surface area contributed by atoms with Gasteiger partial charge in [0.15, 0.2) is 0 Å². The van der Waals surface area contributed by atoms with Crippen LogP contribution in [0.3, 0.4) is 0 Å². The van der Waals surface area contributed by atoms with Gasteiger partial charge in [0.1, 0.15) is 0 Å². The summed E-state index contributed by atoms with van der Waals surface area (Å²) in [6, 6.07) is 21.9. The van der Waals surface area contributed by atoms with Crippen LogP contribution in [0.5, 0.6) is 0 Å². The van der Waals surface area contributed by atoms with E-state index in [0.29, 0.717) is 11.5 Å². The molecule has 4 rings (SSSR count). The first-order chi connectivity index (χ1) is 17.3. The molecule has 0 spiro atoms. The molecule has 0 radical (unpaired) electrons. The van der Waals surface area contributed by atoms with E-state index in [1.54, 1.807) is 19.2 Å². The number of hydrogen-bond acceptors (Lipinski definition) is 5. The molecule has 0 aliphatic rings. The summed E-state index contributed by atoms with van der Waals surface area (Å²) in [5, 5.41) is 6.18. The summed E-state index contributed by atoms with van der Waals surface area (Å²) in [6.07, 6.45) is -0.0375. The van der Waals surface area contributed by atoms with Crippen molar-refractivity contribution in [3.8, 4) is 0 Å². The van der Waals surface area contributed by atoms with Crippen LogP contribution >= 0.6 is 11.8 Å². The minimum atomic E-state index is -4.42. The van der Waals surface area contributed by atoms with Crippen molar-refractivity contribution >= 4 is 34.7 Å². The van der Waals surface area contributed by atoms with Crippen LogP contribution in [0.2, 0.25) is 0 Å². The molecule has 3 aromatic carbocycles. The average Bonchev–Trinajstić information content (AvgIpc) is 3.25. The number of thioether (sulfide) groups is 1. The molecule has 188 valence electrons. The number of hydrogen-bond donors (Lipinski definition) is 3. The van der Waals surface area contributed by atoms with Gasteiger partial charge in [-0.05, 0) is 47.2 Å². The number of carbonyl (C=O) groups excluding carboxylic acids is 1. The smallest absolute Gasteiger partial charge is 0.382 e. The van der Waals surface area contributed by atoms with Crippen LogP contribution in [-0.2, 0) is 9.53 Å². The van der Waals surface area contributed by atoms with Crippen molar-refractivity contribution < 1.29 is 22.7 Å². The molecule has 1 unspecified atom stereocenters. The number of anilines is 1. The summed E-state index contributed by atoms with van der Waals surface area (Å²) < 4.78 is 44.2. The molecule has 4 aromatic rings. The van der Waals surface area contributed by atoms with Gasteiger partial charge in [-0.1, -0.05) is 54.6 Å². The molecular formula is C26H25F3N4O2S. The Labute approximate surface area is 210 Å². The first-order valence-electron chi connectivity index (χ1n) is 11.2. The van der Waals surface area contributed by atoms with E-state index in [2.05, 4.69) is 20.6 Å². The normalized spacial score (nSPS) is 13.3. The summed E-state index contributed by atoms with van der Waals surface area (Å²) in [5.74, 6) is 0.128. The van der Waals surface area contributed by atoms with Crippen LogP contribution in [0, 0.1) is 0 Å². The SMILES string of the molecule is COC[C@H](NC(=O)CC(Nc1nc2ccccc2[nH]1)c1cccc(SC(F)(F)F)c1)c1ccccc1. The topological polar surface area (TPSA) is 79.0 Å². The number of carbonyl (C=O) groups is 1. The number of para-hydroxylation sites is 2. The molecule has 0 saturated heterocycles. The van der Waals surface area contributed by atoms with Crippen molar-refractivity contribution in [2.24, 2.45) is 0 Å². The summed E-state index contributed by atoms with van der Waals surface area (Å²) in [5.41, 5.74) is -1.47. The van der Waals surface area contributed by atoms with E-state index in [0.717, 1.165) is 16.6 Å². The molecule has 0 saturated carbocycles. The van der Waals surface area contributed by atoms with Crippen molar-refractivity contribution in [2.45, 2.75) is 28.9 Å². The number of nitrogens with zero attached hydrogens (tertiary/aromatic N) is 1. The largest absolute Gasteiger partial charge is 0.446 e. The number of rotatable bonds is 10. The molecule has 0 bridgehead atoms. The van der Waals surface area contributed by atoms with Gasteiger partial charge in [0.25, 0.3) is 0 Å². The third kappa shape index (κ3) is 7.02. The lowest BCUT2D eigenvalue weighted by Crippen LogP contribution is -2.33. The van der Waals surface area contributed by atoms with Gasteiger partial charge in [0.05, 0.1) is 36.1 Å². The number of aromatic nitrogens is 2. The summed E-state index contributed by atoms with van der Waals surface area (Å²) in [6.45, 7) is 0.273. The van der Waals surface area contributed by atoms with E-state index in [9.17, 15) is 18.0 Å². The maximum absolute atomic E-state index is 13.1. The summed E-state index contributed by atoms with van der Waals surface area (Å²) in [7, 11) is 1.55. The van der Waals surface area contributed by atoms with Crippen LogP contribution in [-0.4, -0.2) is 35.1 Å². The first kappa shape index (κ1) is 25.6. The zero-order valence-electron chi connectivity index (χ0n) is 19.4. The van der Waals surface area contributed by atoms with Crippen LogP contribution in [0.4, 0.5) is 19.1 Å². The van der Waals surface area contributed by atoms with Gasteiger partial charge in [0, 0.05) is 12.0 Å². The Hall–Kier alpha value is -3.50. The standard InChI is InChI=1S/C26H25F3N4O2S/c1-35-16-23(17-8-3-2-4-9-17)30-24(34)15-22(18-10-7-11-19(14-18)36-26(27,28)29)33-25-31-20-12-5-6-13-21(20)32-25/h2-14,22-23H,15-16H2,1H3,(H,30,34)(H2,31,32,33)/t22?,23-/m0/s1. The highest BCUT2D eigenvalue weighted by atomic mass is 32.2. The van der Waals surface area contributed by atoms with Crippen molar-refractivity contribution in [2.75, 3.05) is 19.0 Å². The molecule has 0 fully saturated rings. The zero-order chi connectivity index (χ0) is 25.5. The van der Waals surface area contributed by atoms with Crippen LogP contribution in [0.25, 0.3) is 11.0 Å². The molecule has 3 N–H and O–H groups in total. The highest BCUT2D eigenvalue weighted by Crippen LogP contribution is 2.38. The zero-order valence-corrected chi connectivity index (χ0v) is 20.2. The molecule has 1 amide bonds. The second kappa shape index (κ2) is 11.5. The van der Waals surface area contributed by atoms with Gasteiger partial charge in [-0.15, -0.1) is 0 Å². The van der Waals surface area contributed by atoms with E-state index in [-0.39, 0.29) is 41.6 Å². The first-order valence-corrected chi connectivity index (χ1v) is 12.0. The molecule has 10 heteroatoms. The molecule has 2 atom stereocenters. The van der Waals surface area contributed by atoms with Gasteiger partial charge >= 0.3 is 5.51 Å². The number of methoxy groups -OCH3 is 1. The Bertz CT molecular complexity index is 1260. The lowest BCUT2D eigenvalue weighted by Gasteiger charge is -2.22. The lowest BCUT2D eigenvalue weighted by molar-refractivity contribution is -0.122. The monoisotopic (exact) mass is 514 g/mol. The second-order valence-electron chi connectivity index (χ2n) is 8.11. The quantitative estimate of drug-likeness (QED) is 0.219. The number of fused-ring (bicyclic) bond motifs is 1. The predicted octanol–water partition coefficient (Wildman–Crippen LogP) is 6.22. The lowest BCUT2D eigenvalue weighted by atomic mass is 10.0. The number of alkyl halides is 3. The second-order valence-corrected chi connectivity index (χ2v) is 9.25. The fraction of sp³-hybridized carbons (Fsp3) is 0.231. The van der Waals surface area contributed by atoms with Crippen molar-refractivity contribution in [3.63, 3.8) is 0 Å². The van der Waals surface area contributed by atoms with Crippen LogP contribution in [0.15, 0.2) is 83.8 Å². The Kier molecular flexibility index (Phi) is 8.17. The number of imidazole rings is 1. The minimum Gasteiger partial charge on any atom is -0.382 e. The van der Waals surface area contributed by atoms with Crippen molar-refractivity contribution in [1.82, 2.24) is 15.3 Å². The van der Waals surface area contributed by atoms with E-state index in [1.807, 2.05) is 54.6 Å². The molecule has 36 heavy (non-hydrogen) atoms. The predicted molar refractivity (Wildman–Crippen MR) is 135 cm³/mol. The molecule has 0 aliphatic carbocycles. The Balaban J connectivity index is 1.58. The van der Waals surface area contributed by atoms with Gasteiger partial charge < -0.3 is 20.4 Å². The maximum atomic E-state index is 13.1. The molecule has 1 aromatic heterocycles. The van der Waals surface area contributed by atoms with Crippen LogP contribution < -0.4 is 10.6 Å². The third-order valence-corrected chi connectivity index (χ3v) is 6.18. The number of amides is 1. The molecule has 0 aliphatic heterocycles. The van der Waals surface area contributed by atoms with E-state index in [1.165, 1.54) is 12.1 Å². The fourth-order valence-electron chi connectivity index (χ4n) is 3.88. The fourth-order valence-corrected chi connectivity index (χ4v) is 4.49. The average molecular weight is 515 g/mol. The van der Waals surface area contributed by atoms with Gasteiger partial charge in [-0.25, -0.2) is 4.98 Å². The number of halogens is 3. The summed E-state index contributed by atoms with van der Waals surface area (Å²) in [4.78, 5) is 20.8. The number of aromatic amines is 1. The number of H-pyrrole nitrogens is 1. The number of ether oxygens (including phenoxy) is 1. The molecular weight excluding hydrogens is 489 g/mol. The van der Waals surface area contributed by atoms with E-state index < -0.39 is 11.6 Å². The van der Waals surface area contributed by atoms with Gasteiger partial charge in [0.2, 0.25) is 11.9 Å². The minimum absolute atomic E-state index is 0.0375. The highest BCUT2D eigenvalue weighted by molar-refractivity contribution is 8.00. The summed E-state index contributed by atoms with van der Waals surface area (Å²) >= 11 is -0.192. The van der Waals surface area contributed by atoms with Crippen LogP contribution in [0.1, 0.15) is 29.6 Å². The highest BCUT2D eigenvalue weighted by Gasteiger charge is 2.30. The van der Waals surface area contributed by atoms with Crippen molar-refractivity contribution in [1.29, 1.82) is 0 Å². The Morgan fingerprint density at radius 2 is 1.72 bits per heavy atom. The Morgan fingerprint density at radius 3 is 2.44 bits per heavy atom. The van der Waals surface area contributed by atoms with Crippen molar-refractivity contribution in [3.05, 3.63) is 90.0 Å². The molecule has 1 heterocycles.